The average molecular weight is 387 g/mol. The van der Waals surface area contributed by atoms with Crippen molar-refractivity contribution in [2.45, 2.75) is 45.9 Å². The Labute approximate surface area is 175 Å². The van der Waals surface area contributed by atoms with Crippen molar-refractivity contribution in [2.75, 3.05) is 11.4 Å². The van der Waals surface area contributed by atoms with Crippen LogP contribution in [0.3, 0.4) is 0 Å². The fraction of sp³-hybridized carbons (Fsp3) is 0.320. The molecular formula is C25H25N3O. The fourth-order valence-corrected chi connectivity index (χ4v) is 4.82. The minimum atomic E-state index is -1.66. The molecule has 1 saturated heterocycles. The highest BCUT2D eigenvalue weighted by molar-refractivity contribution is 6.08. The van der Waals surface area contributed by atoms with Crippen molar-refractivity contribution >= 4 is 27.8 Å². The second kappa shape index (κ2) is 6.07. The van der Waals surface area contributed by atoms with Gasteiger partial charge in [-0.05, 0) is 56.0 Å². The van der Waals surface area contributed by atoms with E-state index in [9.17, 15) is 1.37 Å². The monoisotopic (exact) mass is 386 g/mol. The molecule has 4 nitrogen and oxygen atoms in total. The van der Waals surface area contributed by atoms with E-state index in [1.807, 2.05) is 62.1 Å². The molecule has 3 aliphatic heterocycles. The Balaban J connectivity index is 1.69. The van der Waals surface area contributed by atoms with Crippen LogP contribution in [0.15, 0.2) is 52.9 Å². The number of furan rings is 1. The Morgan fingerprint density at radius 1 is 1.10 bits per heavy atom. The zero-order valence-corrected chi connectivity index (χ0v) is 16.9. The fourth-order valence-electron chi connectivity index (χ4n) is 4.82. The average Bonchev–Trinajstić information content (AvgIpc) is 3.06. The van der Waals surface area contributed by atoms with E-state index in [0.29, 0.717) is 29.8 Å². The molecule has 3 atom stereocenters. The van der Waals surface area contributed by atoms with Crippen molar-refractivity contribution in [3.05, 3.63) is 70.9 Å². The van der Waals surface area contributed by atoms with Crippen molar-refractivity contribution in [2.24, 2.45) is 0 Å². The summed E-state index contributed by atoms with van der Waals surface area (Å²) in [7, 11) is 0. The van der Waals surface area contributed by atoms with Crippen LogP contribution < -0.4 is 4.90 Å². The van der Waals surface area contributed by atoms with Gasteiger partial charge in [0.1, 0.15) is 0 Å². The molecule has 29 heavy (non-hydrogen) atoms. The van der Waals surface area contributed by atoms with Crippen molar-refractivity contribution in [3.8, 4) is 0 Å². The van der Waals surface area contributed by atoms with Gasteiger partial charge in [-0.2, -0.15) is 0 Å². The molecule has 0 saturated carbocycles. The molecule has 3 aliphatic rings. The molecule has 4 heteroatoms. The zero-order valence-electron chi connectivity index (χ0n) is 19.9. The summed E-state index contributed by atoms with van der Waals surface area (Å²) in [6, 6.07) is 14.5. The first-order valence-electron chi connectivity index (χ1n) is 11.7. The molecule has 2 aromatic carbocycles. The highest BCUT2D eigenvalue weighted by Crippen LogP contribution is 2.46. The largest absolute Gasteiger partial charge is 0.436 e. The van der Waals surface area contributed by atoms with Gasteiger partial charge in [-0.3, -0.25) is 4.90 Å². The van der Waals surface area contributed by atoms with Gasteiger partial charge in [0, 0.05) is 32.2 Å². The minimum Gasteiger partial charge on any atom is -0.436 e. The topological polar surface area (TPSA) is 32.5 Å². The highest BCUT2D eigenvalue weighted by Gasteiger charge is 2.40. The first kappa shape index (κ1) is 14.2. The van der Waals surface area contributed by atoms with Crippen LogP contribution in [0.4, 0.5) is 5.69 Å². The number of hydrogen-bond acceptors (Lipinski definition) is 4. The number of fused-ring (bicyclic) bond motifs is 5. The normalized spacial score (nSPS) is 29.3. The molecule has 0 amide bonds. The number of anilines is 1. The third kappa shape index (κ3) is 2.39. The number of pyridine rings is 1. The van der Waals surface area contributed by atoms with Gasteiger partial charge in [-0.25, -0.2) is 4.98 Å². The first-order valence-corrected chi connectivity index (χ1v) is 10.2. The third-order valence-corrected chi connectivity index (χ3v) is 6.27. The summed E-state index contributed by atoms with van der Waals surface area (Å²) in [5.41, 5.74) is 5.34. The molecule has 3 unspecified atom stereocenters. The SMILES string of the molecule is [2H]C1([2H])c2ccccc2C2([2H])CCN1C(C)N2c1c(C)ccc2c1oc1nc(C)ccc12. The second-order valence-electron chi connectivity index (χ2n) is 8.06. The Hall–Kier alpha value is -2.85. The molecule has 2 bridgehead atoms. The summed E-state index contributed by atoms with van der Waals surface area (Å²) in [6.07, 6.45) is 0.164. The lowest BCUT2D eigenvalue weighted by Gasteiger charge is -2.46. The van der Waals surface area contributed by atoms with Crippen LogP contribution in [0.2, 0.25) is 0 Å². The van der Waals surface area contributed by atoms with Crippen LogP contribution >= 0.6 is 0 Å². The van der Waals surface area contributed by atoms with Crippen molar-refractivity contribution < 1.29 is 8.53 Å². The third-order valence-electron chi connectivity index (χ3n) is 6.27. The van der Waals surface area contributed by atoms with Gasteiger partial charge < -0.3 is 9.32 Å². The smallest absolute Gasteiger partial charge is 0.227 e. The zero-order chi connectivity index (χ0) is 22.4. The lowest BCUT2D eigenvalue weighted by Crippen LogP contribution is -2.51. The van der Waals surface area contributed by atoms with E-state index >= 15 is 0 Å². The van der Waals surface area contributed by atoms with Gasteiger partial charge in [0.15, 0.2) is 5.58 Å². The second-order valence-corrected chi connectivity index (χ2v) is 8.06. The number of nitrogens with zero attached hydrogens (tertiary/aromatic N) is 3. The quantitative estimate of drug-likeness (QED) is 0.419. The molecule has 146 valence electrons. The molecule has 7 rings (SSSR count). The van der Waals surface area contributed by atoms with Crippen LogP contribution in [-0.2, 0) is 6.50 Å². The summed E-state index contributed by atoms with van der Waals surface area (Å²) in [5, 5.41) is 1.92. The van der Waals surface area contributed by atoms with Gasteiger partial charge >= 0.3 is 0 Å². The van der Waals surface area contributed by atoms with E-state index < -0.39 is 12.5 Å². The highest BCUT2D eigenvalue weighted by atomic mass is 16.3. The molecule has 1 fully saturated rings. The summed E-state index contributed by atoms with van der Waals surface area (Å²) in [4.78, 5) is 8.52. The van der Waals surface area contributed by atoms with Crippen LogP contribution in [0, 0.1) is 13.8 Å². The van der Waals surface area contributed by atoms with Gasteiger partial charge in [-0.1, -0.05) is 36.4 Å². The van der Waals surface area contributed by atoms with E-state index in [4.69, 9.17) is 7.16 Å². The Morgan fingerprint density at radius 3 is 2.83 bits per heavy atom. The maximum atomic E-state index is 9.75. The molecular weight excluding hydrogens is 358 g/mol. The molecule has 5 heterocycles. The number of hydrogen-bond donors (Lipinski definition) is 0. The Kier molecular flexibility index (Phi) is 2.97. The Morgan fingerprint density at radius 2 is 1.93 bits per heavy atom. The predicted molar refractivity (Wildman–Crippen MR) is 117 cm³/mol. The Bertz CT molecular complexity index is 1400. The summed E-state index contributed by atoms with van der Waals surface area (Å²) < 4.78 is 34.0. The van der Waals surface area contributed by atoms with Crippen LogP contribution in [0.5, 0.6) is 0 Å². The lowest BCUT2D eigenvalue weighted by molar-refractivity contribution is 0.154. The van der Waals surface area contributed by atoms with E-state index in [0.717, 1.165) is 33.3 Å². The summed E-state index contributed by atoms with van der Waals surface area (Å²) in [6.45, 7) is 4.82. The van der Waals surface area contributed by atoms with E-state index in [-0.39, 0.29) is 6.17 Å². The van der Waals surface area contributed by atoms with Gasteiger partial charge in [0.25, 0.3) is 0 Å². The van der Waals surface area contributed by atoms with Crippen molar-refractivity contribution in [3.63, 3.8) is 0 Å². The lowest BCUT2D eigenvalue weighted by atomic mass is 9.95. The van der Waals surface area contributed by atoms with Crippen molar-refractivity contribution in [1.82, 2.24) is 9.88 Å². The van der Waals surface area contributed by atoms with E-state index in [1.165, 1.54) is 0 Å². The maximum absolute atomic E-state index is 9.75. The molecule has 0 aliphatic carbocycles. The first-order chi connectivity index (χ1) is 15.2. The van der Waals surface area contributed by atoms with Crippen molar-refractivity contribution in [1.29, 1.82) is 0 Å². The number of benzene rings is 2. The van der Waals surface area contributed by atoms with Gasteiger partial charge in [0.2, 0.25) is 5.71 Å². The summed E-state index contributed by atoms with van der Waals surface area (Å²) >= 11 is 0. The summed E-state index contributed by atoms with van der Waals surface area (Å²) in [5.74, 6) is 0. The standard InChI is InChI=1S/C25H25N3O/c1-15-8-10-20-21-11-9-16(2)26-25(21)29-24(20)23(15)28-17(3)27-13-12-22(28)19-7-5-4-6-18(19)14-27/h4-11,17,22H,12-14H2,1-3H3/i14D2,22D. The number of rotatable bonds is 1. The van der Waals surface area contributed by atoms with Crippen LogP contribution in [-0.4, -0.2) is 22.6 Å². The van der Waals surface area contributed by atoms with Gasteiger partial charge in [0.05, 0.1) is 19.2 Å². The molecule has 0 N–H and O–H groups in total. The van der Waals surface area contributed by atoms with E-state index in [2.05, 4.69) is 22.0 Å². The predicted octanol–water partition coefficient (Wildman–Crippen LogP) is 5.71. The molecule has 0 spiro atoms. The molecule has 2 aromatic heterocycles. The van der Waals surface area contributed by atoms with E-state index in [1.54, 1.807) is 0 Å². The van der Waals surface area contributed by atoms with Crippen LogP contribution in [0.25, 0.3) is 22.1 Å². The molecule has 0 radical (unpaired) electrons. The maximum Gasteiger partial charge on any atom is 0.227 e. The van der Waals surface area contributed by atoms with Gasteiger partial charge in [-0.15, -0.1) is 0 Å². The number of aromatic nitrogens is 1. The minimum absolute atomic E-state index is 0.337. The number of aryl methyl sites for hydroxylation is 2. The van der Waals surface area contributed by atoms with Crippen LogP contribution in [0.1, 0.15) is 45.9 Å². The molecule has 4 aromatic rings.